The summed E-state index contributed by atoms with van der Waals surface area (Å²) in [7, 11) is 0. The highest BCUT2D eigenvalue weighted by molar-refractivity contribution is 5.88. The minimum atomic E-state index is -0.899. The minimum absolute atomic E-state index is 0.0795. The van der Waals surface area contributed by atoms with Crippen molar-refractivity contribution < 1.29 is 14.7 Å². The summed E-state index contributed by atoms with van der Waals surface area (Å²) in [6, 6.07) is 11.6. The smallest absolute Gasteiger partial charge is 0.326 e. The molecule has 7 heteroatoms. The first kappa shape index (κ1) is 25.6. The van der Waals surface area contributed by atoms with Crippen LogP contribution < -0.4 is 10.2 Å². The van der Waals surface area contributed by atoms with Crippen molar-refractivity contribution in [3.05, 3.63) is 53.7 Å². The Bertz CT molecular complexity index is 1090. The van der Waals surface area contributed by atoms with Crippen molar-refractivity contribution in [3.8, 4) is 0 Å². The summed E-state index contributed by atoms with van der Waals surface area (Å²) in [5.74, 6) is 0.751. The quantitative estimate of drug-likeness (QED) is 0.532. The summed E-state index contributed by atoms with van der Waals surface area (Å²) in [4.78, 5) is 34.1. The third kappa shape index (κ3) is 5.76. The van der Waals surface area contributed by atoms with Crippen molar-refractivity contribution in [2.24, 2.45) is 11.3 Å². The van der Waals surface area contributed by atoms with Gasteiger partial charge in [-0.25, -0.2) is 9.78 Å². The van der Waals surface area contributed by atoms with E-state index in [1.165, 1.54) is 11.3 Å². The molecule has 1 aromatic heterocycles. The van der Waals surface area contributed by atoms with Gasteiger partial charge in [0.05, 0.1) is 0 Å². The van der Waals surface area contributed by atoms with Crippen LogP contribution in [0.3, 0.4) is 0 Å². The van der Waals surface area contributed by atoms with Crippen LogP contribution in [-0.2, 0) is 16.0 Å². The van der Waals surface area contributed by atoms with Crippen LogP contribution in [0.1, 0.15) is 62.5 Å². The number of carbonyl (C=O) groups excluding carboxylic acids is 1. The highest BCUT2D eigenvalue weighted by Crippen LogP contribution is 2.46. The van der Waals surface area contributed by atoms with Gasteiger partial charge in [0, 0.05) is 49.9 Å². The van der Waals surface area contributed by atoms with Gasteiger partial charge in [-0.15, -0.1) is 0 Å². The molecule has 0 bridgehead atoms. The molecule has 2 saturated heterocycles. The van der Waals surface area contributed by atoms with E-state index in [1.807, 2.05) is 24.4 Å². The summed E-state index contributed by atoms with van der Waals surface area (Å²) in [5.41, 5.74) is 3.07. The van der Waals surface area contributed by atoms with Gasteiger partial charge in [0.25, 0.3) is 0 Å². The Hall–Kier alpha value is -3.09. The lowest BCUT2D eigenvalue weighted by molar-refractivity contribution is -0.158. The third-order valence-corrected chi connectivity index (χ3v) is 8.82. The predicted octanol–water partition coefficient (Wildman–Crippen LogP) is 4.90. The van der Waals surface area contributed by atoms with Crippen molar-refractivity contribution in [3.63, 3.8) is 0 Å². The zero-order chi connectivity index (χ0) is 25.8. The van der Waals surface area contributed by atoms with Gasteiger partial charge in [-0.3, -0.25) is 4.79 Å². The molecule has 5 rings (SSSR count). The van der Waals surface area contributed by atoms with Crippen LogP contribution in [0.5, 0.6) is 0 Å². The van der Waals surface area contributed by atoms with Gasteiger partial charge in [0.15, 0.2) is 0 Å². The highest BCUT2D eigenvalue weighted by atomic mass is 16.4. The number of aromatic nitrogens is 1. The average molecular weight is 505 g/mol. The molecule has 198 valence electrons. The van der Waals surface area contributed by atoms with Gasteiger partial charge in [-0.05, 0) is 86.8 Å². The van der Waals surface area contributed by atoms with Crippen molar-refractivity contribution in [2.45, 2.75) is 70.8 Å². The molecule has 3 aliphatic rings. The van der Waals surface area contributed by atoms with E-state index >= 15 is 0 Å². The fourth-order valence-electron chi connectivity index (χ4n) is 6.59. The first-order valence-corrected chi connectivity index (χ1v) is 14.0. The number of rotatable bonds is 8. The lowest BCUT2D eigenvalue weighted by Crippen LogP contribution is -2.55. The number of carbonyl (C=O) groups is 2. The van der Waals surface area contributed by atoms with Crippen LogP contribution in [0.25, 0.3) is 0 Å². The SMILES string of the molecule is Cc1ccnc(NCC2CCN(c3ccc(CC(C(=O)O)N4CCCC5(CCCC5)C4=O)cc3)CC2)c1. The molecule has 1 saturated carbocycles. The molecule has 1 aliphatic carbocycles. The summed E-state index contributed by atoms with van der Waals surface area (Å²) in [5, 5.41) is 13.5. The fourth-order valence-corrected chi connectivity index (χ4v) is 6.59. The zero-order valence-corrected chi connectivity index (χ0v) is 22.0. The van der Waals surface area contributed by atoms with E-state index in [4.69, 9.17) is 0 Å². The Kier molecular flexibility index (Phi) is 7.68. The fraction of sp³-hybridized carbons (Fsp3) is 0.567. The van der Waals surface area contributed by atoms with Gasteiger partial charge in [0.2, 0.25) is 5.91 Å². The summed E-state index contributed by atoms with van der Waals surface area (Å²) >= 11 is 0. The number of likely N-dealkylation sites (tertiary alicyclic amines) is 1. The second-order valence-corrected chi connectivity index (χ2v) is 11.3. The summed E-state index contributed by atoms with van der Waals surface area (Å²) in [6.07, 6.45) is 10.3. The van der Waals surface area contributed by atoms with Gasteiger partial charge in [-0.2, -0.15) is 0 Å². The molecular formula is C30H40N4O3. The number of nitrogens with one attached hydrogen (secondary N) is 1. The van der Waals surface area contributed by atoms with E-state index in [9.17, 15) is 14.7 Å². The number of carboxylic acids is 1. The molecule has 3 fully saturated rings. The van der Waals surface area contributed by atoms with E-state index in [1.54, 1.807) is 4.90 Å². The Balaban J connectivity index is 1.15. The number of benzene rings is 1. The number of nitrogens with zero attached hydrogens (tertiary/aromatic N) is 3. The van der Waals surface area contributed by atoms with Gasteiger partial charge in [0.1, 0.15) is 11.9 Å². The third-order valence-electron chi connectivity index (χ3n) is 8.82. The zero-order valence-electron chi connectivity index (χ0n) is 22.0. The maximum atomic E-state index is 13.4. The largest absolute Gasteiger partial charge is 0.480 e. The van der Waals surface area contributed by atoms with Gasteiger partial charge in [-0.1, -0.05) is 25.0 Å². The summed E-state index contributed by atoms with van der Waals surface area (Å²) < 4.78 is 0. The number of piperidine rings is 2. The first-order valence-electron chi connectivity index (χ1n) is 14.0. The normalized spacial score (nSPS) is 20.8. The molecule has 2 aromatic rings. The first-order chi connectivity index (χ1) is 17.9. The molecule has 1 unspecified atom stereocenters. The van der Waals surface area contributed by atoms with Crippen LogP contribution >= 0.6 is 0 Å². The molecule has 1 amide bonds. The Morgan fingerprint density at radius 3 is 2.46 bits per heavy atom. The van der Waals surface area contributed by atoms with Crippen molar-refractivity contribution >= 4 is 23.4 Å². The molecule has 0 radical (unpaired) electrons. The second kappa shape index (κ2) is 11.1. The number of amides is 1. The predicted molar refractivity (Wildman–Crippen MR) is 146 cm³/mol. The number of aryl methyl sites for hydroxylation is 1. The number of pyridine rings is 1. The minimum Gasteiger partial charge on any atom is -0.480 e. The van der Waals surface area contributed by atoms with E-state index in [0.717, 1.165) is 82.4 Å². The molecule has 1 spiro atoms. The number of anilines is 2. The van der Waals surface area contributed by atoms with Crippen LogP contribution in [0.2, 0.25) is 0 Å². The maximum absolute atomic E-state index is 13.4. The van der Waals surface area contributed by atoms with E-state index in [0.29, 0.717) is 18.9 Å². The highest BCUT2D eigenvalue weighted by Gasteiger charge is 2.48. The van der Waals surface area contributed by atoms with Crippen LogP contribution in [0, 0.1) is 18.3 Å². The van der Waals surface area contributed by atoms with Gasteiger partial charge < -0.3 is 20.2 Å². The topological polar surface area (TPSA) is 85.8 Å². The number of carboxylic acid groups (broad SMARTS) is 1. The van der Waals surface area contributed by atoms with Crippen molar-refractivity contribution in [1.82, 2.24) is 9.88 Å². The standard InChI is InChI=1S/C30H40N4O3/c1-22-9-15-31-27(19-22)32-21-24-10-17-33(18-11-24)25-7-5-23(6-8-25)20-26(28(35)36)34-16-4-14-30(29(34)37)12-2-3-13-30/h5-9,15,19,24,26H,2-4,10-14,16-18,20-21H2,1H3,(H,31,32)(H,35,36). The van der Waals surface area contributed by atoms with E-state index in [2.05, 4.69) is 40.3 Å². The Morgan fingerprint density at radius 2 is 1.78 bits per heavy atom. The number of hydrogen-bond donors (Lipinski definition) is 2. The lowest BCUT2D eigenvalue weighted by atomic mass is 9.77. The van der Waals surface area contributed by atoms with Crippen LogP contribution in [0.4, 0.5) is 11.5 Å². The van der Waals surface area contributed by atoms with Crippen LogP contribution in [0.15, 0.2) is 42.6 Å². The molecule has 2 aliphatic heterocycles. The molecule has 7 nitrogen and oxygen atoms in total. The Labute approximate surface area is 220 Å². The summed E-state index contributed by atoms with van der Waals surface area (Å²) in [6.45, 7) is 5.59. The number of hydrogen-bond acceptors (Lipinski definition) is 5. The molecule has 2 N–H and O–H groups in total. The molecule has 1 aromatic carbocycles. The van der Waals surface area contributed by atoms with Crippen LogP contribution in [-0.4, -0.2) is 59.1 Å². The van der Waals surface area contributed by atoms with E-state index < -0.39 is 12.0 Å². The van der Waals surface area contributed by atoms with Crippen molar-refractivity contribution in [1.29, 1.82) is 0 Å². The Morgan fingerprint density at radius 1 is 1.08 bits per heavy atom. The molecule has 1 atom stereocenters. The second-order valence-electron chi connectivity index (χ2n) is 11.3. The van der Waals surface area contributed by atoms with E-state index in [-0.39, 0.29) is 11.3 Å². The molecule has 3 heterocycles. The van der Waals surface area contributed by atoms with Crippen molar-refractivity contribution in [2.75, 3.05) is 36.4 Å². The monoisotopic (exact) mass is 504 g/mol. The number of aliphatic carboxylic acids is 1. The molecular weight excluding hydrogens is 464 g/mol. The van der Waals surface area contributed by atoms with Gasteiger partial charge >= 0.3 is 5.97 Å². The average Bonchev–Trinajstić information content (AvgIpc) is 3.38. The maximum Gasteiger partial charge on any atom is 0.326 e. The molecule has 37 heavy (non-hydrogen) atoms. The lowest BCUT2D eigenvalue weighted by Gasteiger charge is -2.42.